The molecule has 2 aromatic heterocycles. The van der Waals surface area contributed by atoms with Crippen LogP contribution in [0.1, 0.15) is 17.7 Å². The molecule has 1 saturated carbocycles. The Balaban J connectivity index is 1.56. The Labute approximate surface area is 179 Å². The molecule has 1 aliphatic carbocycles. The number of carbonyl (C=O) groups excluding carboxylic acids is 1. The second-order valence-electron chi connectivity index (χ2n) is 7.73. The van der Waals surface area contributed by atoms with E-state index in [0.717, 1.165) is 5.56 Å². The zero-order chi connectivity index (χ0) is 22.0. The number of benzene rings is 1. The van der Waals surface area contributed by atoms with Gasteiger partial charge in [0.25, 0.3) is 5.56 Å². The molecule has 8 heteroatoms. The van der Waals surface area contributed by atoms with Crippen LogP contribution >= 0.6 is 0 Å². The standard InChI is InChI=1S/C23H24N4O4/c1-15-20(10-21(28)27(2)26-15)31-14-23(16-7-5-4-6-8-16)11-19(23)22(29)25-17-9-18(30-3)13-24-12-17/h4-10,12-13,19H,11,14H2,1-3H3,(H,25,29)/t19-,23+/m0/s1. The average Bonchev–Trinajstić information content (AvgIpc) is 3.52. The van der Waals surface area contributed by atoms with Crippen molar-refractivity contribution in [1.82, 2.24) is 14.8 Å². The van der Waals surface area contributed by atoms with Crippen molar-refractivity contribution in [2.75, 3.05) is 19.0 Å². The number of pyridine rings is 1. The second kappa shape index (κ2) is 8.22. The lowest BCUT2D eigenvalue weighted by Crippen LogP contribution is -2.27. The van der Waals surface area contributed by atoms with Crippen molar-refractivity contribution in [1.29, 1.82) is 0 Å². The highest BCUT2D eigenvalue weighted by Crippen LogP contribution is 2.55. The summed E-state index contributed by atoms with van der Waals surface area (Å²) in [5.74, 6) is 0.614. The number of nitrogens with zero attached hydrogens (tertiary/aromatic N) is 3. The largest absolute Gasteiger partial charge is 0.495 e. The van der Waals surface area contributed by atoms with Gasteiger partial charge in [0, 0.05) is 24.6 Å². The molecule has 31 heavy (non-hydrogen) atoms. The molecule has 0 saturated heterocycles. The third-order valence-electron chi connectivity index (χ3n) is 5.67. The highest BCUT2D eigenvalue weighted by molar-refractivity contribution is 5.96. The molecule has 1 N–H and O–H groups in total. The van der Waals surface area contributed by atoms with Gasteiger partial charge in [-0.2, -0.15) is 5.10 Å². The molecular formula is C23H24N4O4. The Hall–Kier alpha value is -3.68. The molecule has 0 bridgehead atoms. The van der Waals surface area contributed by atoms with Gasteiger partial charge in [0.05, 0.1) is 37.7 Å². The number of aryl methyl sites for hydroxylation is 2. The quantitative estimate of drug-likeness (QED) is 0.631. The van der Waals surface area contributed by atoms with Crippen LogP contribution in [0.2, 0.25) is 0 Å². The average molecular weight is 420 g/mol. The molecule has 4 rings (SSSR count). The maximum Gasteiger partial charge on any atom is 0.270 e. The van der Waals surface area contributed by atoms with E-state index in [-0.39, 0.29) is 24.0 Å². The minimum Gasteiger partial charge on any atom is -0.495 e. The first-order valence-electron chi connectivity index (χ1n) is 9.96. The molecule has 2 atom stereocenters. The summed E-state index contributed by atoms with van der Waals surface area (Å²) in [6.45, 7) is 2.05. The van der Waals surface area contributed by atoms with E-state index in [1.807, 2.05) is 30.3 Å². The van der Waals surface area contributed by atoms with Crippen LogP contribution in [0.5, 0.6) is 11.5 Å². The molecule has 1 fully saturated rings. The van der Waals surface area contributed by atoms with Crippen molar-refractivity contribution in [2.24, 2.45) is 13.0 Å². The van der Waals surface area contributed by atoms with Gasteiger partial charge in [-0.1, -0.05) is 30.3 Å². The number of rotatable bonds is 7. The minimum absolute atomic E-state index is 0.110. The monoisotopic (exact) mass is 420 g/mol. The zero-order valence-electron chi connectivity index (χ0n) is 17.7. The highest BCUT2D eigenvalue weighted by Gasteiger charge is 2.60. The van der Waals surface area contributed by atoms with Crippen molar-refractivity contribution in [2.45, 2.75) is 18.8 Å². The summed E-state index contributed by atoms with van der Waals surface area (Å²) in [5, 5.41) is 7.10. The summed E-state index contributed by atoms with van der Waals surface area (Å²) < 4.78 is 12.5. The smallest absolute Gasteiger partial charge is 0.270 e. The molecule has 1 amide bonds. The fourth-order valence-corrected chi connectivity index (χ4v) is 3.80. The summed E-state index contributed by atoms with van der Waals surface area (Å²) >= 11 is 0. The normalized spacial score (nSPS) is 19.5. The lowest BCUT2D eigenvalue weighted by molar-refractivity contribution is -0.117. The SMILES string of the molecule is COc1cncc(NC(=O)[C@@H]2C[C@@]2(COc2cc(=O)n(C)nc2C)c2ccccc2)c1. The Morgan fingerprint density at radius 2 is 2.03 bits per heavy atom. The summed E-state index contributed by atoms with van der Waals surface area (Å²) in [4.78, 5) is 29.1. The van der Waals surface area contributed by atoms with Crippen LogP contribution in [0.25, 0.3) is 0 Å². The van der Waals surface area contributed by atoms with Crippen LogP contribution in [0.15, 0.2) is 59.7 Å². The van der Waals surface area contributed by atoms with Crippen molar-refractivity contribution in [3.05, 3.63) is 76.5 Å². The van der Waals surface area contributed by atoms with Crippen LogP contribution in [0.4, 0.5) is 5.69 Å². The lowest BCUT2D eigenvalue weighted by atomic mass is 9.93. The van der Waals surface area contributed by atoms with Crippen molar-refractivity contribution >= 4 is 11.6 Å². The van der Waals surface area contributed by atoms with Gasteiger partial charge in [-0.25, -0.2) is 4.68 Å². The van der Waals surface area contributed by atoms with Gasteiger partial charge in [-0.05, 0) is 18.9 Å². The number of amides is 1. The van der Waals surface area contributed by atoms with Crippen molar-refractivity contribution in [3.8, 4) is 11.5 Å². The molecule has 0 unspecified atom stereocenters. The molecule has 160 valence electrons. The summed E-state index contributed by atoms with van der Waals surface area (Å²) in [6.07, 6.45) is 3.80. The fraction of sp³-hybridized carbons (Fsp3) is 0.304. The Morgan fingerprint density at radius 3 is 2.77 bits per heavy atom. The maximum atomic E-state index is 13.0. The molecule has 0 radical (unpaired) electrons. The van der Waals surface area contributed by atoms with Gasteiger partial charge >= 0.3 is 0 Å². The van der Waals surface area contributed by atoms with Crippen LogP contribution < -0.4 is 20.3 Å². The summed E-state index contributed by atoms with van der Waals surface area (Å²) in [5.41, 5.74) is 1.49. The van der Waals surface area contributed by atoms with E-state index in [4.69, 9.17) is 9.47 Å². The molecule has 0 aliphatic heterocycles. The van der Waals surface area contributed by atoms with Gasteiger partial charge in [-0.15, -0.1) is 0 Å². The van der Waals surface area contributed by atoms with Crippen molar-refractivity contribution < 1.29 is 14.3 Å². The first kappa shape index (κ1) is 20.6. The Bertz CT molecular complexity index is 1160. The van der Waals surface area contributed by atoms with Gasteiger partial charge in [0.15, 0.2) is 0 Å². The third kappa shape index (κ3) is 4.14. The number of hydrogen-bond acceptors (Lipinski definition) is 6. The van der Waals surface area contributed by atoms with Gasteiger partial charge in [0.1, 0.15) is 17.2 Å². The van der Waals surface area contributed by atoms with Gasteiger partial charge in [0.2, 0.25) is 5.91 Å². The van der Waals surface area contributed by atoms with E-state index in [9.17, 15) is 9.59 Å². The van der Waals surface area contributed by atoms with E-state index in [1.165, 1.54) is 10.7 Å². The lowest BCUT2D eigenvalue weighted by Gasteiger charge is -2.20. The van der Waals surface area contributed by atoms with E-state index in [1.54, 1.807) is 39.5 Å². The first-order chi connectivity index (χ1) is 14.9. The number of ether oxygens (including phenoxy) is 2. The summed E-state index contributed by atoms with van der Waals surface area (Å²) in [6, 6.07) is 13.0. The van der Waals surface area contributed by atoms with E-state index < -0.39 is 5.41 Å². The fourth-order valence-electron chi connectivity index (χ4n) is 3.80. The zero-order valence-corrected chi connectivity index (χ0v) is 17.7. The third-order valence-corrected chi connectivity index (χ3v) is 5.67. The number of nitrogens with one attached hydrogen (secondary N) is 1. The molecular weight excluding hydrogens is 396 g/mol. The topological polar surface area (TPSA) is 95.3 Å². The van der Waals surface area contributed by atoms with E-state index >= 15 is 0 Å². The van der Waals surface area contributed by atoms with Crippen molar-refractivity contribution in [3.63, 3.8) is 0 Å². The molecule has 8 nitrogen and oxygen atoms in total. The van der Waals surface area contributed by atoms with Crippen LogP contribution in [0.3, 0.4) is 0 Å². The summed E-state index contributed by atoms with van der Waals surface area (Å²) in [7, 11) is 3.15. The van der Waals surface area contributed by atoms with E-state index in [2.05, 4.69) is 15.4 Å². The molecule has 0 spiro atoms. The Morgan fingerprint density at radius 1 is 1.26 bits per heavy atom. The second-order valence-corrected chi connectivity index (χ2v) is 7.73. The van der Waals surface area contributed by atoms with Gasteiger partial charge < -0.3 is 14.8 Å². The minimum atomic E-state index is -0.481. The molecule has 1 aromatic carbocycles. The molecule has 1 aliphatic rings. The number of methoxy groups -OCH3 is 1. The van der Waals surface area contributed by atoms with Gasteiger partial charge in [-0.3, -0.25) is 14.6 Å². The highest BCUT2D eigenvalue weighted by atomic mass is 16.5. The Kier molecular flexibility index (Phi) is 5.46. The van der Waals surface area contributed by atoms with Crippen LogP contribution in [-0.4, -0.2) is 34.4 Å². The maximum absolute atomic E-state index is 13.0. The predicted molar refractivity (Wildman–Crippen MR) is 115 cm³/mol. The molecule has 2 heterocycles. The number of carbonyl (C=O) groups is 1. The number of hydrogen-bond donors (Lipinski definition) is 1. The van der Waals surface area contributed by atoms with E-state index in [0.29, 0.717) is 29.3 Å². The number of aromatic nitrogens is 3. The van der Waals surface area contributed by atoms with Crippen LogP contribution in [-0.2, 0) is 17.3 Å². The molecule has 3 aromatic rings. The predicted octanol–water partition coefficient (Wildman–Crippen LogP) is 2.47. The number of anilines is 1. The van der Waals surface area contributed by atoms with Crippen LogP contribution in [0, 0.1) is 12.8 Å². The first-order valence-corrected chi connectivity index (χ1v) is 9.96.